The lowest BCUT2D eigenvalue weighted by Crippen LogP contribution is -2.04. The summed E-state index contributed by atoms with van der Waals surface area (Å²) in [6, 6.07) is 8.56. The summed E-state index contributed by atoms with van der Waals surface area (Å²) < 4.78 is 0. The number of alkyl halides is 1. The number of hydrogen-bond acceptors (Lipinski definition) is 0. The Morgan fingerprint density at radius 3 is 2.47 bits per heavy atom. The van der Waals surface area contributed by atoms with Crippen LogP contribution in [-0.4, -0.2) is 5.38 Å². The fraction of sp³-hybridized carbons (Fsp3) is 0.625. The van der Waals surface area contributed by atoms with Crippen molar-refractivity contribution in [2.24, 2.45) is 0 Å². The normalized spacial score (nSPS) is 12.6. The molecule has 1 aromatic rings. The van der Waals surface area contributed by atoms with Gasteiger partial charge in [-0.3, -0.25) is 0 Å². The molecule has 96 valence electrons. The van der Waals surface area contributed by atoms with Crippen LogP contribution in [0.15, 0.2) is 24.3 Å². The van der Waals surface area contributed by atoms with E-state index in [4.69, 9.17) is 11.6 Å². The van der Waals surface area contributed by atoms with E-state index >= 15 is 0 Å². The van der Waals surface area contributed by atoms with Crippen molar-refractivity contribution in [1.82, 2.24) is 0 Å². The van der Waals surface area contributed by atoms with Gasteiger partial charge in [-0.1, -0.05) is 63.3 Å². The molecule has 1 heteroatoms. The molecule has 0 aliphatic carbocycles. The Hall–Kier alpha value is -0.490. The van der Waals surface area contributed by atoms with Crippen LogP contribution in [0.5, 0.6) is 0 Å². The molecule has 0 aliphatic heterocycles. The first kappa shape index (κ1) is 14.6. The number of halogens is 1. The highest BCUT2D eigenvalue weighted by molar-refractivity contribution is 6.20. The van der Waals surface area contributed by atoms with Gasteiger partial charge in [-0.05, 0) is 30.9 Å². The van der Waals surface area contributed by atoms with Crippen LogP contribution >= 0.6 is 11.6 Å². The molecule has 0 heterocycles. The smallest absolute Gasteiger partial charge is 0.0376 e. The predicted octanol–water partition coefficient (Wildman–Crippen LogP) is 5.51. The molecule has 0 N–H and O–H groups in total. The molecule has 0 nitrogen and oxygen atoms in total. The second-order valence-corrected chi connectivity index (χ2v) is 5.55. The maximum Gasteiger partial charge on any atom is 0.0376 e. The molecule has 0 fully saturated rings. The molecule has 0 saturated heterocycles. The Morgan fingerprint density at radius 2 is 1.76 bits per heavy atom. The van der Waals surface area contributed by atoms with Crippen LogP contribution in [0.2, 0.25) is 0 Å². The van der Waals surface area contributed by atoms with Gasteiger partial charge in [0.15, 0.2) is 0 Å². The fourth-order valence-electron chi connectivity index (χ4n) is 2.15. The molecule has 17 heavy (non-hydrogen) atoms. The summed E-state index contributed by atoms with van der Waals surface area (Å²) in [5.41, 5.74) is 2.77. The number of rotatable bonds is 8. The van der Waals surface area contributed by atoms with E-state index in [1.54, 1.807) is 0 Å². The molecule has 0 saturated carbocycles. The molecule has 1 unspecified atom stereocenters. The van der Waals surface area contributed by atoms with Crippen LogP contribution in [0.1, 0.15) is 56.6 Å². The lowest BCUT2D eigenvalue weighted by Gasteiger charge is -2.11. The second kappa shape index (κ2) is 8.58. The van der Waals surface area contributed by atoms with Crippen LogP contribution in [0.25, 0.3) is 0 Å². The highest BCUT2D eigenvalue weighted by atomic mass is 35.5. The molecule has 0 spiro atoms. The highest BCUT2D eigenvalue weighted by Gasteiger charge is 2.07. The third-order valence-corrected chi connectivity index (χ3v) is 3.70. The van der Waals surface area contributed by atoms with Gasteiger partial charge in [0.25, 0.3) is 0 Å². The van der Waals surface area contributed by atoms with Crippen LogP contribution < -0.4 is 0 Å². The zero-order chi connectivity index (χ0) is 12.5. The van der Waals surface area contributed by atoms with Crippen molar-refractivity contribution in [3.8, 4) is 0 Å². The van der Waals surface area contributed by atoms with Crippen molar-refractivity contribution < 1.29 is 0 Å². The van der Waals surface area contributed by atoms with E-state index in [1.807, 2.05) is 0 Å². The van der Waals surface area contributed by atoms with Crippen molar-refractivity contribution in [3.05, 3.63) is 35.4 Å². The second-order valence-electron chi connectivity index (χ2n) is 4.93. The van der Waals surface area contributed by atoms with Gasteiger partial charge in [0.05, 0.1) is 0 Å². The first-order valence-corrected chi connectivity index (χ1v) is 7.36. The van der Waals surface area contributed by atoms with E-state index in [-0.39, 0.29) is 0 Å². The Morgan fingerprint density at radius 1 is 1.06 bits per heavy atom. The first-order valence-electron chi connectivity index (χ1n) is 6.92. The van der Waals surface area contributed by atoms with Crippen molar-refractivity contribution >= 4 is 11.6 Å². The number of benzene rings is 1. The number of unbranched alkanes of at least 4 members (excludes halogenated alkanes) is 4. The number of hydrogen-bond donors (Lipinski definition) is 0. The van der Waals surface area contributed by atoms with E-state index in [2.05, 4.69) is 38.1 Å². The van der Waals surface area contributed by atoms with Crippen molar-refractivity contribution in [2.75, 3.05) is 0 Å². The molecule has 0 bridgehead atoms. The average Bonchev–Trinajstić information content (AvgIpc) is 2.32. The Kier molecular flexibility index (Phi) is 7.35. The fourth-order valence-corrected chi connectivity index (χ4v) is 2.47. The van der Waals surface area contributed by atoms with E-state index in [0.29, 0.717) is 5.38 Å². The van der Waals surface area contributed by atoms with Gasteiger partial charge in [-0.2, -0.15) is 0 Å². The topological polar surface area (TPSA) is 0 Å². The zero-order valence-electron chi connectivity index (χ0n) is 11.2. The summed E-state index contributed by atoms with van der Waals surface area (Å²) in [6.45, 7) is 4.42. The predicted molar refractivity (Wildman–Crippen MR) is 77.9 cm³/mol. The summed E-state index contributed by atoms with van der Waals surface area (Å²) in [6.07, 6.45) is 8.83. The molecule has 1 aromatic carbocycles. The van der Waals surface area contributed by atoms with Crippen molar-refractivity contribution in [3.63, 3.8) is 0 Å². The quantitative estimate of drug-likeness (QED) is 0.423. The lowest BCUT2D eigenvalue weighted by molar-refractivity contribution is 0.592. The minimum atomic E-state index is 0.303. The monoisotopic (exact) mass is 252 g/mol. The standard InChI is InChI=1S/C16H25Cl/c1-3-4-5-6-7-12-16(17)13-15-11-9-8-10-14(15)2/h8-11,16H,3-7,12-13H2,1-2H3. The summed E-state index contributed by atoms with van der Waals surface area (Å²) in [4.78, 5) is 0. The van der Waals surface area contributed by atoms with Gasteiger partial charge in [0.2, 0.25) is 0 Å². The molecular formula is C16H25Cl. The average molecular weight is 253 g/mol. The van der Waals surface area contributed by atoms with Gasteiger partial charge in [0, 0.05) is 5.38 Å². The molecular weight excluding hydrogens is 228 g/mol. The van der Waals surface area contributed by atoms with E-state index < -0.39 is 0 Å². The Balaban J connectivity index is 2.21. The highest BCUT2D eigenvalue weighted by Crippen LogP contribution is 2.17. The van der Waals surface area contributed by atoms with E-state index in [9.17, 15) is 0 Å². The molecule has 1 rings (SSSR count). The number of aryl methyl sites for hydroxylation is 1. The maximum atomic E-state index is 6.40. The minimum absolute atomic E-state index is 0.303. The molecule has 0 aromatic heterocycles. The van der Waals surface area contributed by atoms with Gasteiger partial charge < -0.3 is 0 Å². The Labute approximate surface area is 111 Å². The SMILES string of the molecule is CCCCCCCC(Cl)Cc1ccccc1C. The van der Waals surface area contributed by atoms with Gasteiger partial charge in [-0.15, -0.1) is 11.6 Å². The van der Waals surface area contributed by atoms with Gasteiger partial charge in [0.1, 0.15) is 0 Å². The van der Waals surface area contributed by atoms with Crippen LogP contribution in [0, 0.1) is 6.92 Å². The lowest BCUT2D eigenvalue weighted by atomic mass is 10.0. The van der Waals surface area contributed by atoms with Crippen LogP contribution in [0.4, 0.5) is 0 Å². The first-order chi connectivity index (χ1) is 8.24. The summed E-state index contributed by atoms with van der Waals surface area (Å²) >= 11 is 6.40. The molecule has 0 amide bonds. The van der Waals surface area contributed by atoms with Crippen molar-refractivity contribution in [1.29, 1.82) is 0 Å². The van der Waals surface area contributed by atoms with E-state index in [0.717, 1.165) is 12.8 Å². The van der Waals surface area contributed by atoms with E-state index in [1.165, 1.54) is 43.2 Å². The molecule has 0 aliphatic rings. The summed E-state index contributed by atoms with van der Waals surface area (Å²) in [5, 5.41) is 0.303. The van der Waals surface area contributed by atoms with Crippen LogP contribution in [0.3, 0.4) is 0 Å². The third kappa shape index (κ3) is 6.12. The van der Waals surface area contributed by atoms with Gasteiger partial charge in [-0.25, -0.2) is 0 Å². The summed E-state index contributed by atoms with van der Waals surface area (Å²) in [5.74, 6) is 0. The van der Waals surface area contributed by atoms with Gasteiger partial charge >= 0.3 is 0 Å². The summed E-state index contributed by atoms with van der Waals surface area (Å²) in [7, 11) is 0. The van der Waals surface area contributed by atoms with Crippen molar-refractivity contribution in [2.45, 2.75) is 64.2 Å². The molecule has 0 radical (unpaired) electrons. The Bertz CT molecular complexity index is 306. The largest absolute Gasteiger partial charge is 0.123 e. The van der Waals surface area contributed by atoms with Crippen LogP contribution in [-0.2, 0) is 6.42 Å². The molecule has 1 atom stereocenters. The zero-order valence-corrected chi connectivity index (χ0v) is 12.0. The maximum absolute atomic E-state index is 6.40. The third-order valence-electron chi connectivity index (χ3n) is 3.32. The minimum Gasteiger partial charge on any atom is -0.123 e.